The molecule has 1 spiro atoms. The van der Waals surface area contributed by atoms with Gasteiger partial charge in [-0.3, -0.25) is 4.79 Å². The van der Waals surface area contributed by atoms with Gasteiger partial charge < -0.3 is 15.5 Å². The number of halogens is 2. The molecule has 0 aliphatic carbocycles. The Balaban J connectivity index is 0.000000722. The topological polar surface area (TPSA) is 44.4 Å². The molecule has 17 heavy (non-hydrogen) atoms. The minimum Gasteiger partial charge on any atom is -0.342 e. The molecule has 0 radical (unpaired) electrons. The molecule has 3 saturated heterocycles. The van der Waals surface area contributed by atoms with Crippen molar-refractivity contribution in [2.45, 2.75) is 12.8 Å². The van der Waals surface area contributed by atoms with Gasteiger partial charge in [0.15, 0.2) is 0 Å². The number of likely N-dealkylation sites (tertiary alicyclic amines) is 1. The third-order valence-electron chi connectivity index (χ3n) is 4.21. The van der Waals surface area contributed by atoms with Crippen molar-refractivity contribution < 1.29 is 4.79 Å². The van der Waals surface area contributed by atoms with E-state index in [0.29, 0.717) is 11.3 Å². The number of nitrogens with one attached hydrogen (secondary N) is 2. The Morgan fingerprint density at radius 2 is 1.94 bits per heavy atom. The van der Waals surface area contributed by atoms with Crippen LogP contribution in [-0.2, 0) is 4.79 Å². The molecule has 0 saturated carbocycles. The van der Waals surface area contributed by atoms with Gasteiger partial charge >= 0.3 is 0 Å². The van der Waals surface area contributed by atoms with E-state index in [-0.39, 0.29) is 30.7 Å². The third kappa shape index (κ3) is 2.70. The smallest absolute Gasteiger partial charge is 0.228 e. The Bertz CT molecular complexity index is 278. The van der Waals surface area contributed by atoms with Gasteiger partial charge in [0.1, 0.15) is 0 Å². The van der Waals surface area contributed by atoms with Crippen LogP contribution in [0.2, 0.25) is 0 Å². The van der Waals surface area contributed by atoms with E-state index in [2.05, 4.69) is 15.5 Å². The average molecular weight is 282 g/mol. The molecule has 3 aliphatic rings. The van der Waals surface area contributed by atoms with E-state index in [0.717, 1.165) is 39.3 Å². The SMILES string of the molecule is Cl.Cl.O=C(C1CNC1)N1CCC2(CCNC2)C1. The van der Waals surface area contributed by atoms with Gasteiger partial charge in [0.05, 0.1) is 5.92 Å². The summed E-state index contributed by atoms with van der Waals surface area (Å²) in [6.45, 7) is 6.00. The highest BCUT2D eigenvalue weighted by Crippen LogP contribution is 2.36. The number of nitrogens with zero attached hydrogens (tertiary/aromatic N) is 1. The first kappa shape index (κ1) is 15.0. The summed E-state index contributed by atoms with van der Waals surface area (Å²) in [6.07, 6.45) is 2.45. The van der Waals surface area contributed by atoms with E-state index in [4.69, 9.17) is 0 Å². The molecule has 1 atom stereocenters. The second-order valence-corrected chi connectivity index (χ2v) is 5.29. The summed E-state index contributed by atoms with van der Waals surface area (Å²) < 4.78 is 0. The number of carbonyl (C=O) groups is 1. The fourth-order valence-corrected chi connectivity index (χ4v) is 2.99. The van der Waals surface area contributed by atoms with Gasteiger partial charge in [0.25, 0.3) is 0 Å². The molecule has 3 aliphatic heterocycles. The van der Waals surface area contributed by atoms with Gasteiger partial charge in [0.2, 0.25) is 5.91 Å². The molecule has 0 aromatic heterocycles. The van der Waals surface area contributed by atoms with Gasteiger partial charge in [-0.15, -0.1) is 24.8 Å². The van der Waals surface area contributed by atoms with Crippen molar-refractivity contribution >= 4 is 30.7 Å². The minimum atomic E-state index is 0. The van der Waals surface area contributed by atoms with Crippen LogP contribution in [0.25, 0.3) is 0 Å². The molecule has 100 valence electrons. The van der Waals surface area contributed by atoms with E-state index < -0.39 is 0 Å². The predicted octanol–water partition coefficient (Wildman–Crippen LogP) is 0.261. The lowest BCUT2D eigenvalue weighted by atomic mass is 9.86. The Kier molecular flexibility index (Phi) is 5.07. The highest BCUT2D eigenvalue weighted by Gasteiger charge is 2.43. The molecule has 0 aromatic rings. The molecule has 6 heteroatoms. The Hall–Kier alpha value is -0.0300. The molecule has 0 bridgehead atoms. The fourth-order valence-electron chi connectivity index (χ4n) is 2.99. The van der Waals surface area contributed by atoms with Crippen molar-refractivity contribution in [2.24, 2.45) is 11.3 Å². The van der Waals surface area contributed by atoms with Crippen LogP contribution in [0.15, 0.2) is 0 Å². The lowest BCUT2D eigenvalue weighted by Crippen LogP contribution is -2.51. The summed E-state index contributed by atoms with van der Waals surface area (Å²) in [7, 11) is 0. The quantitative estimate of drug-likeness (QED) is 0.725. The van der Waals surface area contributed by atoms with Gasteiger partial charge in [0, 0.05) is 38.1 Å². The number of hydrogen-bond acceptors (Lipinski definition) is 3. The summed E-state index contributed by atoms with van der Waals surface area (Å²) in [4.78, 5) is 14.1. The van der Waals surface area contributed by atoms with E-state index in [1.165, 1.54) is 12.8 Å². The van der Waals surface area contributed by atoms with Crippen LogP contribution in [0.3, 0.4) is 0 Å². The molecule has 3 rings (SSSR count). The molecule has 3 heterocycles. The fraction of sp³-hybridized carbons (Fsp3) is 0.909. The monoisotopic (exact) mass is 281 g/mol. The summed E-state index contributed by atoms with van der Waals surface area (Å²) in [6, 6.07) is 0. The van der Waals surface area contributed by atoms with Crippen LogP contribution in [0.1, 0.15) is 12.8 Å². The van der Waals surface area contributed by atoms with E-state index in [1.54, 1.807) is 0 Å². The maximum Gasteiger partial charge on any atom is 0.228 e. The van der Waals surface area contributed by atoms with Crippen LogP contribution >= 0.6 is 24.8 Å². The van der Waals surface area contributed by atoms with Crippen molar-refractivity contribution in [3.63, 3.8) is 0 Å². The van der Waals surface area contributed by atoms with Crippen molar-refractivity contribution in [1.82, 2.24) is 15.5 Å². The maximum atomic E-state index is 12.0. The molecular weight excluding hydrogens is 261 g/mol. The van der Waals surface area contributed by atoms with Crippen molar-refractivity contribution in [3.05, 3.63) is 0 Å². The van der Waals surface area contributed by atoms with Gasteiger partial charge in [-0.25, -0.2) is 0 Å². The summed E-state index contributed by atoms with van der Waals surface area (Å²) >= 11 is 0. The second kappa shape index (κ2) is 5.74. The molecule has 1 unspecified atom stereocenters. The van der Waals surface area contributed by atoms with Gasteiger partial charge in [-0.05, 0) is 19.4 Å². The van der Waals surface area contributed by atoms with Gasteiger partial charge in [-0.2, -0.15) is 0 Å². The number of amides is 1. The van der Waals surface area contributed by atoms with Crippen molar-refractivity contribution in [3.8, 4) is 0 Å². The van der Waals surface area contributed by atoms with Gasteiger partial charge in [-0.1, -0.05) is 0 Å². The van der Waals surface area contributed by atoms with Crippen LogP contribution in [-0.4, -0.2) is 50.1 Å². The van der Waals surface area contributed by atoms with Crippen molar-refractivity contribution in [2.75, 3.05) is 39.3 Å². The van der Waals surface area contributed by atoms with Crippen molar-refractivity contribution in [1.29, 1.82) is 0 Å². The summed E-state index contributed by atoms with van der Waals surface area (Å²) in [5, 5.41) is 6.59. The molecular formula is C11H21Cl2N3O. The highest BCUT2D eigenvalue weighted by atomic mass is 35.5. The first-order valence-electron chi connectivity index (χ1n) is 5.99. The van der Waals surface area contributed by atoms with Crippen LogP contribution in [0.5, 0.6) is 0 Å². The van der Waals surface area contributed by atoms with Crippen LogP contribution in [0, 0.1) is 11.3 Å². The van der Waals surface area contributed by atoms with E-state index in [9.17, 15) is 4.79 Å². The number of rotatable bonds is 1. The molecule has 3 fully saturated rings. The lowest BCUT2D eigenvalue weighted by Gasteiger charge is -2.31. The highest BCUT2D eigenvalue weighted by molar-refractivity contribution is 5.85. The van der Waals surface area contributed by atoms with Crippen LogP contribution in [0.4, 0.5) is 0 Å². The molecule has 0 aromatic carbocycles. The normalized spacial score (nSPS) is 31.9. The molecule has 1 amide bonds. The zero-order valence-electron chi connectivity index (χ0n) is 9.91. The first-order valence-corrected chi connectivity index (χ1v) is 5.99. The predicted molar refractivity (Wildman–Crippen MR) is 72.0 cm³/mol. The summed E-state index contributed by atoms with van der Waals surface area (Å²) in [5.74, 6) is 0.659. The minimum absolute atomic E-state index is 0. The standard InChI is InChI=1S/C11H19N3O.2ClH/c15-10(9-5-13-6-9)14-4-2-11(8-14)1-3-12-7-11;;/h9,12-13H,1-8H2;2*1H. The summed E-state index contributed by atoms with van der Waals surface area (Å²) in [5.41, 5.74) is 0.423. The Labute approximate surface area is 115 Å². The lowest BCUT2D eigenvalue weighted by molar-refractivity contribution is -0.136. The van der Waals surface area contributed by atoms with E-state index in [1.807, 2.05) is 0 Å². The maximum absolute atomic E-state index is 12.0. The average Bonchev–Trinajstić information content (AvgIpc) is 2.74. The largest absolute Gasteiger partial charge is 0.342 e. The third-order valence-corrected chi connectivity index (χ3v) is 4.21. The zero-order valence-corrected chi connectivity index (χ0v) is 11.5. The zero-order chi connectivity index (χ0) is 10.3. The number of hydrogen-bond donors (Lipinski definition) is 2. The van der Waals surface area contributed by atoms with Crippen LogP contribution < -0.4 is 10.6 Å². The molecule has 2 N–H and O–H groups in total. The Morgan fingerprint density at radius 1 is 1.18 bits per heavy atom. The first-order chi connectivity index (χ1) is 7.29. The van der Waals surface area contributed by atoms with E-state index >= 15 is 0 Å². The Morgan fingerprint density at radius 3 is 2.47 bits per heavy atom. The number of carbonyl (C=O) groups excluding carboxylic acids is 1. The second-order valence-electron chi connectivity index (χ2n) is 5.29. The molecule has 4 nitrogen and oxygen atoms in total.